The number of amides is 1. The summed E-state index contributed by atoms with van der Waals surface area (Å²) >= 11 is 9.37. The normalized spacial score (nSPS) is 10.8. The zero-order valence-electron chi connectivity index (χ0n) is 15.2. The van der Waals surface area contributed by atoms with E-state index >= 15 is 0 Å². The second-order valence-electron chi connectivity index (χ2n) is 5.58. The first-order chi connectivity index (χ1) is 13.8. The van der Waals surface area contributed by atoms with Gasteiger partial charge in [-0.1, -0.05) is 17.7 Å². The van der Waals surface area contributed by atoms with Gasteiger partial charge in [0, 0.05) is 11.8 Å². The number of carbonyl (C=O) groups excluding carboxylic acids is 1. The Hall–Kier alpha value is -3.02. The number of ether oxygens (including phenoxy) is 2. The molecule has 9 heteroatoms. The molecule has 0 saturated carbocycles. The van der Waals surface area contributed by atoms with Crippen LogP contribution in [0.3, 0.4) is 0 Å². The molecule has 2 aromatic rings. The van der Waals surface area contributed by atoms with Crippen LogP contribution >= 0.6 is 27.5 Å². The van der Waals surface area contributed by atoms with Gasteiger partial charge in [0.05, 0.1) is 16.1 Å². The van der Waals surface area contributed by atoms with Crippen molar-refractivity contribution in [1.29, 1.82) is 5.26 Å². The van der Waals surface area contributed by atoms with Gasteiger partial charge >= 0.3 is 5.97 Å². The fourth-order valence-corrected chi connectivity index (χ4v) is 3.27. The van der Waals surface area contributed by atoms with Crippen molar-refractivity contribution in [2.45, 2.75) is 6.92 Å². The largest absolute Gasteiger partial charge is 0.494 e. The minimum absolute atomic E-state index is 0.133. The van der Waals surface area contributed by atoms with Gasteiger partial charge in [-0.25, -0.2) is 4.79 Å². The number of hydrogen-bond donors (Lipinski definition) is 2. The topological polar surface area (TPSA) is 109 Å². The predicted molar refractivity (Wildman–Crippen MR) is 112 cm³/mol. The number of anilines is 1. The first-order valence-corrected chi connectivity index (χ1v) is 9.50. The lowest BCUT2D eigenvalue weighted by Gasteiger charge is -2.10. The highest BCUT2D eigenvalue weighted by molar-refractivity contribution is 9.10. The monoisotopic (exact) mass is 478 g/mol. The van der Waals surface area contributed by atoms with E-state index < -0.39 is 18.5 Å². The van der Waals surface area contributed by atoms with E-state index in [2.05, 4.69) is 21.2 Å². The number of carbonyl (C=O) groups is 2. The smallest absolute Gasteiger partial charge is 0.341 e. The number of hydrogen-bond acceptors (Lipinski definition) is 5. The molecule has 0 unspecified atom stereocenters. The van der Waals surface area contributed by atoms with Gasteiger partial charge in [-0.2, -0.15) is 5.26 Å². The molecular formula is C20H16BrClN2O5. The van der Waals surface area contributed by atoms with Crippen LogP contribution in [0, 0.1) is 11.3 Å². The molecule has 29 heavy (non-hydrogen) atoms. The molecule has 0 aliphatic carbocycles. The molecule has 0 bridgehead atoms. The summed E-state index contributed by atoms with van der Waals surface area (Å²) in [6.45, 7) is 1.78. The summed E-state index contributed by atoms with van der Waals surface area (Å²) in [6, 6.07) is 11.7. The number of nitrogens with one attached hydrogen (secondary N) is 1. The summed E-state index contributed by atoms with van der Waals surface area (Å²) in [7, 11) is 0. The molecule has 0 heterocycles. The molecule has 2 aromatic carbocycles. The van der Waals surface area contributed by atoms with Crippen LogP contribution in [0.25, 0.3) is 6.08 Å². The van der Waals surface area contributed by atoms with Crippen LogP contribution in [0.15, 0.2) is 46.4 Å². The first-order valence-electron chi connectivity index (χ1n) is 8.33. The van der Waals surface area contributed by atoms with E-state index in [9.17, 15) is 14.9 Å². The molecule has 0 aliphatic heterocycles. The van der Waals surface area contributed by atoms with Gasteiger partial charge in [0.15, 0.2) is 12.4 Å². The van der Waals surface area contributed by atoms with Crippen molar-refractivity contribution in [3.63, 3.8) is 0 Å². The van der Waals surface area contributed by atoms with Crippen LogP contribution in [-0.4, -0.2) is 30.2 Å². The number of aliphatic carboxylic acids is 1. The molecule has 0 saturated heterocycles. The Balaban J connectivity index is 2.22. The zero-order chi connectivity index (χ0) is 21.4. The maximum atomic E-state index is 12.5. The quantitative estimate of drug-likeness (QED) is 0.426. The third-order valence-electron chi connectivity index (χ3n) is 3.44. The molecule has 0 fully saturated rings. The van der Waals surface area contributed by atoms with E-state index in [0.29, 0.717) is 28.1 Å². The molecule has 0 radical (unpaired) electrons. The Labute approximate surface area is 180 Å². The second-order valence-corrected chi connectivity index (χ2v) is 6.84. The van der Waals surface area contributed by atoms with E-state index in [1.807, 2.05) is 13.0 Å². The first kappa shape index (κ1) is 22.3. The minimum Gasteiger partial charge on any atom is -0.494 e. The fourth-order valence-electron chi connectivity index (χ4n) is 2.28. The van der Waals surface area contributed by atoms with Gasteiger partial charge < -0.3 is 19.9 Å². The van der Waals surface area contributed by atoms with Crippen molar-refractivity contribution < 1.29 is 24.2 Å². The summed E-state index contributed by atoms with van der Waals surface area (Å²) < 4.78 is 10.9. The molecule has 1 amide bonds. The highest BCUT2D eigenvalue weighted by atomic mass is 79.9. The third kappa shape index (κ3) is 6.52. The van der Waals surface area contributed by atoms with Crippen LogP contribution in [0.1, 0.15) is 12.5 Å². The Morgan fingerprint density at radius 2 is 2.07 bits per heavy atom. The number of halogens is 2. The van der Waals surface area contributed by atoms with E-state index in [0.717, 1.165) is 0 Å². The van der Waals surface area contributed by atoms with Crippen LogP contribution in [0.4, 0.5) is 5.69 Å². The van der Waals surface area contributed by atoms with Crippen LogP contribution in [0.2, 0.25) is 5.02 Å². The number of nitrogens with zero attached hydrogens (tertiary/aromatic N) is 1. The van der Waals surface area contributed by atoms with Gasteiger partial charge in [-0.05, 0) is 58.8 Å². The summed E-state index contributed by atoms with van der Waals surface area (Å²) in [5.41, 5.74) is 0.798. The van der Waals surface area contributed by atoms with Crippen LogP contribution in [0.5, 0.6) is 11.5 Å². The average Bonchev–Trinajstić information content (AvgIpc) is 2.65. The number of rotatable bonds is 8. The van der Waals surface area contributed by atoms with E-state index in [4.69, 9.17) is 26.2 Å². The molecule has 0 aliphatic rings. The SMILES string of the molecule is CCOc1cccc(NC(=O)/C(C#N)=C\c2cc(Cl)c(OCC(=O)O)c(Br)c2)c1. The third-order valence-corrected chi connectivity index (χ3v) is 4.31. The van der Waals surface area contributed by atoms with Crippen molar-refractivity contribution in [3.8, 4) is 17.6 Å². The lowest BCUT2D eigenvalue weighted by atomic mass is 10.1. The Morgan fingerprint density at radius 1 is 1.31 bits per heavy atom. The van der Waals surface area contributed by atoms with E-state index in [1.165, 1.54) is 12.1 Å². The van der Waals surface area contributed by atoms with Crippen molar-refractivity contribution in [3.05, 3.63) is 57.0 Å². The number of carboxylic acids is 1. The number of nitriles is 1. The van der Waals surface area contributed by atoms with E-state index in [1.54, 1.807) is 30.3 Å². The highest BCUT2D eigenvalue weighted by Crippen LogP contribution is 2.35. The van der Waals surface area contributed by atoms with Crippen molar-refractivity contribution in [2.24, 2.45) is 0 Å². The van der Waals surface area contributed by atoms with Crippen LogP contribution < -0.4 is 14.8 Å². The molecular weight excluding hydrogens is 464 g/mol. The van der Waals surface area contributed by atoms with Crippen molar-refractivity contribution >= 4 is 51.2 Å². The van der Waals surface area contributed by atoms with Gasteiger partial charge in [0.2, 0.25) is 0 Å². The van der Waals surface area contributed by atoms with Crippen LogP contribution in [-0.2, 0) is 9.59 Å². The predicted octanol–water partition coefficient (Wildman–Crippen LogP) is 4.51. The van der Waals surface area contributed by atoms with Gasteiger partial charge in [-0.3, -0.25) is 4.79 Å². The van der Waals surface area contributed by atoms with Gasteiger partial charge in [0.25, 0.3) is 5.91 Å². The molecule has 0 spiro atoms. The minimum atomic E-state index is -1.14. The maximum Gasteiger partial charge on any atom is 0.341 e. The molecule has 150 valence electrons. The Kier molecular flexibility index (Phi) is 8.07. The molecule has 0 atom stereocenters. The summed E-state index contributed by atoms with van der Waals surface area (Å²) in [5, 5.41) is 20.9. The number of carboxylic acid groups (broad SMARTS) is 1. The van der Waals surface area contributed by atoms with E-state index in [-0.39, 0.29) is 16.3 Å². The highest BCUT2D eigenvalue weighted by Gasteiger charge is 2.14. The van der Waals surface area contributed by atoms with Gasteiger partial charge in [-0.15, -0.1) is 0 Å². The maximum absolute atomic E-state index is 12.5. The standard InChI is InChI=1S/C20H16BrClN2O5/c1-2-28-15-5-3-4-14(9-15)24-20(27)13(10-23)6-12-7-16(21)19(17(22)8-12)29-11-18(25)26/h3-9H,2,11H2,1H3,(H,24,27)(H,25,26)/b13-6-. The summed E-state index contributed by atoms with van der Waals surface area (Å²) in [5.74, 6) is -0.990. The van der Waals surface area contributed by atoms with Gasteiger partial charge in [0.1, 0.15) is 17.4 Å². The lowest BCUT2D eigenvalue weighted by Crippen LogP contribution is -2.13. The molecule has 2 N–H and O–H groups in total. The fraction of sp³-hybridized carbons (Fsp3) is 0.150. The molecule has 2 rings (SSSR count). The average molecular weight is 480 g/mol. The number of benzene rings is 2. The molecule has 7 nitrogen and oxygen atoms in total. The summed E-state index contributed by atoms with van der Waals surface area (Å²) in [6.07, 6.45) is 1.36. The zero-order valence-corrected chi connectivity index (χ0v) is 17.6. The lowest BCUT2D eigenvalue weighted by molar-refractivity contribution is -0.139. The van der Waals surface area contributed by atoms with Crippen molar-refractivity contribution in [2.75, 3.05) is 18.5 Å². The molecule has 0 aromatic heterocycles. The Bertz CT molecular complexity index is 978. The van der Waals surface area contributed by atoms with Crippen molar-refractivity contribution in [1.82, 2.24) is 0 Å². The second kappa shape index (κ2) is 10.5. The Morgan fingerprint density at radius 3 is 2.69 bits per heavy atom. The summed E-state index contributed by atoms with van der Waals surface area (Å²) in [4.78, 5) is 23.1.